The van der Waals surface area contributed by atoms with Crippen molar-refractivity contribution in [3.05, 3.63) is 94.3 Å². The van der Waals surface area contributed by atoms with E-state index in [-0.39, 0.29) is 12.4 Å². The third-order valence-electron chi connectivity index (χ3n) is 4.51. The number of benzene rings is 3. The van der Waals surface area contributed by atoms with Crippen LogP contribution in [0.4, 0.5) is 4.39 Å². The second-order valence-electron chi connectivity index (χ2n) is 6.52. The van der Waals surface area contributed by atoms with E-state index in [1.54, 1.807) is 12.1 Å². The predicted octanol–water partition coefficient (Wildman–Crippen LogP) is 6.53. The number of halogens is 2. The van der Waals surface area contributed by atoms with Crippen LogP contribution in [0.2, 0.25) is 0 Å². The Kier molecular flexibility index (Phi) is 5.26. The van der Waals surface area contributed by atoms with Gasteiger partial charge in [-0.3, -0.25) is 0 Å². The van der Waals surface area contributed by atoms with E-state index in [0.29, 0.717) is 10.0 Å². The van der Waals surface area contributed by atoms with Crippen LogP contribution in [-0.4, -0.2) is 9.97 Å². The third-order valence-corrected chi connectivity index (χ3v) is 5.00. The summed E-state index contributed by atoms with van der Waals surface area (Å²) in [5.41, 5.74) is 4.50. The summed E-state index contributed by atoms with van der Waals surface area (Å²) in [5.74, 6) is 1.28. The smallest absolute Gasteiger partial charge is 0.137 e. The molecule has 28 heavy (non-hydrogen) atoms. The van der Waals surface area contributed by atoms with E-state index < -0.39 is 0 Å². The summed E-state index contributed by atoms with van der Waals surface area (Å²) in [4.78, 5) is 7.83. The maximum Gasteiger partial charge on any atom is 0.137 e. The second kappa shape index (κ2) is 7.98. The molecular formula is C23H18BrFN2O. The van der Waals surface area contributed by atoms with Crippen LogP contribution in [0.3, 0.4) is 0 Å². The summed E-state index contributed by atoms with van der Waals surface area (Å²) in [5, 5.41) is 0. The molecule has 0 aliphatic heterocycles. The minimum atomic E-state index is -0.283. The van der Waals surface area contributed by atoms with E-state index in [4.69, 9.17) is 4.74 Å². The predicted molar refractivity (Wildman–Crippen MR) is 113 cm³/mol. The number of H-pyrrole nitrogens is 1. The SMILES string of the molecule is Cc1cc(-c2cnc(-c3ccccc3)[nH]2)ccc1OCc1ccc(Br)cc1F. The number of aromatic nitrogens is 2. The molecular weight excluding hydrogens is 419 g/mol. The highest BCUT2D eigenvalue weighted by atomic mass is 79.9. The Morgan fingerprint density at radius 1 is 1.00 bits per heavy atom. The monoisotopic (exact) mass is 436 g/mol. The number of hydrogen-bond donors (Lipinski definition) is 1. The lowest BCUT2D eigenvalue weighted by atomic mass is 10.1. The van der Waals surface area contributed by atoms with Gasteiger partial charge in [0.2, 0.25) is 0 Å². The Labute approximate surface area is 171 Å². The molecule has 3 nitrogen and oxygen atoms in total. The quantitative estimate of drug-likeness (QED) is 0.385. The van der Waals surface area contributed by atoms with Gasteiger partial charge in [-0.05, 0) is 42.8 Å². The molecule has 5 heteroatoms. The fourth-order valence-electron chi connectivity index (χ4n) is 2.98. The van der Waals surface area contributed by atoms with Crippen molar-refractivity contribution in [1.82, 2.24) is 9.97 Å². The summed E-state index contributed by atoms with van der Waals surface area (Å²) >= 11 is 3.26. The van der Waals surface area contributed by atoms with Crippen LogP contribution in [0.1, 0.15) is 11.1 Å². The van der Waals surface area contributed by atoms with E-state index in [2.05, 4.69) is 25.9 Å². The van der Waals surface area contributed by atoms with Crippen molar-refractivity contribution in [2.45, 2.75) is 13.5 Å². The Morgan fingerprint density at radius 2 is 1.82 bits per heavy atom. The molecule has 0 radical (unpaired) electrons. The van der Waals surface area contributed by atoms with Gasteiger partial charge in [0.25, 0.3) is 0 Å². The maximum atomic E-state index is 14.0. The van der Waals surface area contributed by atoms with Crippen molar-refractivity contribution in [2.24, 2.45) is 0 Å². The molecule has 0 aliphatic carbocycles. The van der Waals surface area contributed by atoms with Crippen molar-refractivity contribution in [2.75, 3.05) is 0 Å². The first-order valence-corrected chi connectivity index (χ1v) is 9.67. The van der Waals surface area contributed by atoms with E-state index in [9.17, 15) is 4.39 Å². The standard InChI is InChI=1S/C23H18BrFN2O/c1-15-11-17(21-13-26-23(27-21)16-5-3-2-4-6-16)8-10-22(15)28-14-18-7-9-19(24)12-20(18)25/h2-13H,14H2,1H3,(H,26,27). The zero-order valence-electron chi connectivity index (χ0n) is 15.2. The van der Waals surface area contributed by atoms with E-state index in [0.717, 1.165) is 34.0 Å². The fourth-order valence-corrected chi connectivity index (χ4v) is 3.32. The van der Waals surface area contributed by atoms with Crippen LogP contribution < -0.4 is 4.74 Å². The number of aromatic amines is 1. The molecule has 1 N–H and O–H groups in total. The zero-order valence-corrected chi connectivity index (χ0v) is 16.8. The molecule has 0 atom stereocenters. The molecule has 0 aliphatic rings. The first-order valence-electron chi connectivity index (χ1n) is 8.88. The third kappa shape index (κ3) is 3.99. The van der Waals surface area contributed by atoms with Crippen molar-refractivity contribution >= 4 is 15.9 Å². The van der Waals surface area contributed by atoms with Crippen LogP contribution in [0.25, 0.3) is 22.6 Å². The minimum absolute atomic E-state index is 0.182. The molecule has 0 fully saturated rings. The number of aryl methyl sites for hydroxylation is 1. The van der Waals surface area contributed by atoms with Crippen molar-refractivity contribution in [3.63, 3.8) is 0 Å². The van der Waals surface area contributed by atoms with Gasteiger partial charge in [-0.1, -0.05) is 52.3 Å². The molecule has 0 saturated carbocycles. The second-order valence-corrected chi connectivity index (χ2v) is 7.43. The highest BCUT2D eigenvalue weighted by Crippen LogP contribution is 2.28. The Balaban J connectivity index is 1.51. The Hall–Kier alpha value is -2.92. The number of imidazole rings is 1. The Bertz CT molecular complexity index is 1110. The molecule has 0 bridgehead atoms. The van der Waals surface area contributed by atoms with Gasteiger partial charge >= 0.3 is 0 Å². The van der Waals surface area contributed by atoms with Crippen molar-refractivity contribution in [1.29, 1.82) is 0 Å². The van der Waals surface area contributed by atoms with Gasteiger partial charge in [-0.15, -0.1) is 0 Å². The minimum Gasteiger partial charge on any atom is -0.489 e. The average molecular weight is 437 g/mol. The fraction of sp³-hybridized carbons (Fsp3) is 0.0870. The molecule has 0 spiro atoms. The molecule has 0 amide bonds. The Morgan fingerprint density at radius 3 is 2.57 bits per heavy atom. The summed E-state index contributed by atoms with van der Waals surface area (Å²) in [7, 11) is 0. The van der Waals surface area contributed by atoms with Gasteiger partial charge in [0, 0.05) is 21.2 Å². The van der Waals surface area contributed by atoms with Gasteiger partial charge in [-0.2, -0.15) is 0 Å². The summed E-state index contributed by atoms with van der Waals surface area (Å²) < 4.78 is 20.5. The van der Waals surface area contributed by atoms with Crippen molar-refractivity contribution < 1.29 is 9.13 Å². The lowest BCUT2D eigenvalue weighted by Gasteiger charge is -2.11. The average Bonchev–Trinajstić information content (AvgIpc) is 3.19. The number of rotatable bonds is 5. The van der Waals surface area contributed by atoms with Gasteiger partial charge < -0.3 is 9.72 Å². The number of nitrogens with one attached hydrogen (secondary N) is 1. The molecule has 4 aromatic rings. The zero-order chi connectivity index (χ0) is 19.5. The van der Waals surface area contributed by atoms with Crippen molar-refractivity contribution in [3.8, 4) is 28.4 Å². The molecule has 4 rings (SSSR count). The van der Waals surface area contributed by atoms with Crippen LogP contribution in [-0.2, 0) is 6.61 Å². The molecule has 0 saturated heterocycles. The van der Waals surface area contributed by atoms with E-state index >= 15 is 0 Å². The highest BCUT2D eigenvalue weighted by molar-refractivity contribution is 9.10. The van der Waals surface area contributed by atoms with Crippen LogP contribution >= 0.6 is 15.9 Å². The molecule has 1 aromatic heterocycles. The van der Waals surface area contributed by atoms with E-state index in [1.165, 1.54) is 6.07 Å². The number of nitrogens with zero attached hydrogens (tertiary/aromatic N) is 1. The van der Waals surface area contributed by atoms with Gasteiger partial charge in [0.05, 0.1) is 11.9 Å². The first kappa shape index (κ1) is 18.4. The molecule has 1 heterocycles. The maximum absolute atomic E-state index is 14.0. The largest absolute Gasteiger partial charge is 0.489 e. The molecule has 3 aromatic carbocycles. The summed E-state index contributed by atoms with van der Waals surface area (Å²) in [6.45, 7) is 2.16. The normalized spacial score (nSPS) is 10.8. The lowest BCUT2D eigenvalue weighted by Crippen LogP contribution is -2.00. The van der Waals surface area contributed by atoms with Gasteiger partial charge in [0.15, 0.2) is 0 Å². The molecule has 140 valence electrons. The first-order chi connectivity index (χ1) is 13.6. The molecule has 0 unspecified atom stereocenters. The van der Waals surface area contributed by atoms with Crippen LogP contribution in [0, 0.1) is 12.7 Å². The number of hydrogen-bond acceptors (Lipinski definition) is 2. The van der Waals surface area contributed by atoms with E-state index in [1.807, 2.05) is 61.7 Å². The number of ether oxygens (including phenoxy) is 1. The van der Waals surface area contributed by atoms with Gasteiger partial charge in [-0.25, -0.2) is 9.37 Å². The van der Waals surface area contributed by atoms with Crippen LogP contribution in [0.5, 0.6) is 5.75 Å². The van der Waals surface area contributed by atoms with Gasteiger partial charge in [0.1, 0.15) is 24.0 Å². The van der Waals surface area contributed by atoms with Crippen LogP contribution in [0.15, 0.2) is 77.4 Å². The lowest BCUT2D eigenvalue weighted by molar-refractivity contribution is 0.298. The summed E-state index contributed by atoms with van der Waals surface area (Å²) in [6.07, 6.45) is 1.83. The topological polar surface area (TPSA) is 37.9 Å². The highest BCUT2D eigenvalue weighted by Gasteiger charge is 2.09. The summed E-state index contributed by atoms with van der Waals surface area (Å²) in [6, 6.07) is 20.9.